The molecule has 0 aliphatic heterocycles. The molecule has 0 saturated heterocycles. The second kappa shape index (κ2) is 10.3. The fourth-order valence-corrected chi connectivity index (χ4v) is 4.43. The van der Waals surface area contributed by atoms with E-state index in [-0.39, 0.29) is 23.8 Å². The van der Waals surface area contributed by atoms with Gasteiger partial charge in [0.2, 0.25) is 0 Å². The quantitative estimate of drug-likeness (QED) is 0.422. The van der Waals surface area contributed by atoms with Crippen LogP contribution in [0.25, 0.3) is 10.9 Å². The van der Waals surface area contributed by atoms with E-state index in [2.05, 4.69) is 29.4 Å². The highest BCUT2D eigenvalue weighted by atomic mass is 16.2. The van der Waals surface area contributed by atoms with Gasteiger partial charge in [-0.3, -0.25) is 14.6 Å². The van der Waals surface area contributed by atoms with Crippen LogP contribution in [0.3, 0.4) is 0 Å². The summed E-state index contributed by atoms with van der Waals surface area (Å²) < 4.78 is 2.02. The van der Waals surface area contributed by atoms with E-state index >= 15 is 0 Å². The molecule has 174 valence electrons. The van der Waals surface area contributed by atoms with Gasteiger partial charge in [0, 0.05) is 56.1 Å². The van der Waals surface area contributed by atoms with E-state index in [4.69, 9.17) is 0 Å². The van der Waals surface area contributed by atoms with Crippen LogP contribution < -0.4 is 5.32 Å². The number of nitrogens with zero attached hydrogens (tertiary/aromatic N) is 3. The lowest BCUT2D eigenvalue weighted by Crippen LogP contribution is -2.42. The molecule has 2 amide bonds. The van der Waals surface area contributed by atoms with Crippen LogP contribution in [0.2, 0.25) is 0 Å². The second-order valence-corrected chi connectivity index (χ2v) is 8.64. The zero-order valence-electron chi connectivity index (χ0n) is 19.8. The normalized spacial score (nSPS) is 12.8. The number of fused-ring (bicyclic) bond motifs is 1. The van der Waals surface area contributed by atoms with Crippen LogP contribution in [-0.4, -0.2) is 45.9 Å². The topological polar surface area (TPSA) is 67.2 Å². The van der Waals surface area contributed by atoms with Crippen LogP contribution >= 0.6 is 0 Å². The highest BCUT2D eigenvalue weighted by molar-refractivity contribution is 5.98. The van der Waals surface area contributed by atoms with Gasteiger partial charge in [0.15, 0.2) is 0 Å². The van der Waals surface area contributed by atoms with Crippen molar-refractivity contribution in [3.8, 4) is 0 Å². The average molecular weight is 455 g/mol. The van der Waals surface area contributed by atoms with E-state index in [9.17, 15) is 9.59 Å². The fraction of sp³-hybridized carbons (Fsp3) is 0.250. The smallest absolute Gasteiger partial charge is 0.269 e. The third kappa shape index (κ3) is 5.01. The van der Waals surface area contributed by atoms with Gasteiger partial charge in [-0.2, -0.15) is 0 Å². The minimum atomic E-state index is -0.213. The molecule has 0 fully saturated rings. The SMILES string of the molecule is CC(c1ccccc1)[C@@H](CCNC(=O)c1ccccn1)N(C)C(=O)c1ccc2ccn(C)c2c1. The third-order valence-electron chi connectivity index (χ3n) is 6.48. The second-order valence-electron chi connectivity index (χ2n) is 8.64. The molecular weight excluding hydrogens is 424 g/mol. The number of aromatic nitrogens is 2. The minimum absolute atomic E-state index is 0.0352. The lowest BCUT2D eigenvalue weighted by atomic mass is 9.90. The van der Waals surface area contributed by atoms with Gasteiger partial charge in [-0.25, -0.2) is 0 Å². The summed E-state index contributed by atoms with van der Waals surface area (Å²) in [4.78, 5) is 31.9. The Bertz CT molecular complexity index is 1270. The number of hydrogen-bond donors (Lipinski definition) is 1. The van der Waals surface area contributed by atoms with Crippen molar-refractivity contribution >= 4 is 22.7 Å². The number of aryl methyl sites for hydroxylation is 1. The Morgan fingerprint density at radius 1 is 1.03 bits per heavy atom. The summed E-state index contributed by atoms with van der Waals surface area (Å²) in [5.41, 5.74) is 3.21. The lowest BCUT2D eigenvalue weighted by Gasteiger charge is -2.33. The summed E-state index contributed by atoms with van der Waals surface area (Å²) in [5.74, 6) is -0.164. The molecule has 0 aliphatic rings. The van der Waals surface area contributed by atoms with Crippen molar-refractivity contribution in [2.45, 2.75) is 25.3 Å². The van der Waals surface area contributed by atoms with Crippen molar-refractivity contribution in [1.29, 1.82) is 0 Å². The average Bonchev–Trinajstić information content (AvgIpc) is 3.26. The number of hydrogen-bond acceptors (Lipinski definition) is 3. The monoisotopic (exact) mass is 454 g/mol. The number of benzene rings is 2. The summed E-state index contributed by atoms with van der Waals surface area (Å²) >= 11 is 0. The molecule has 0 radical (unpaired) electrons. The molecule has 2 aromatic carbocycles. The number of carbonyl (C=O) groups excluding carboxylic acids is 2. The molecule has 0 saturated carbocycles. The highest BCUT2D eigenvalue weighted by Crippen LogP contribution is 2.26. The molecule has 6 heteroatoms. The van der Waals surface area contributed by atoms with Crippen LogP contribution in [0.5, 0.6) is 0 Å². The molecule has 0 aliphatic carbocycles. The summed E-state index contributed by atoms with van der Waals surface area (Å²) in [6.07, 6.45) is 4.21. The van der Waals surface area contributed by atoms with Crippen molar-refractivity contribution < 1.29 is 9.59 Å². The summed E-state index contributed by atoms with van der Waals surface area (Å²) in [6, 6.07) is 23.2. The van der Waals surface area contributed by atoms with Crippen molar-refractivity contribution in [1.82, 2.24) is 19.8 Å². The van der Waals surface area contributed by atoms with Gasteiger partial charge in [-0.15, -0.1) is 0 Å². The van der Waals surface area contributed by atoms with E-state index in [0.29, 0.717) is 24.2 Å². The molecule has 2 atom stereocenters. The van der Waals surface area contributed by atoms with E-state index < -0.39 is 0 Å². The van der Waals surface area contributed by atoms with Crippen LogP contribution in [0.1, 0.15) is 45.7 Å². The first-order valence-electron chi connectivity index (χ1n) is 11.5. The van der Waals surface area contributed by atoms with E-state index in [1.807, 2.05) is 72.2 Å². The molecule has 34 heavy (non-hydrogen) atoms. The molecule has 2 heterocycles. The summed E-state index contributed by atoms with van der Waals surface area (Å²) in [5, 5.41) is 4.06. The Hall–Kier alpha value is -3.93. The van der Waals surface area contributed by atoms with Crippen molar-refractivity contribution in [3.05, 3.63) is 102 Å². The Morgan fingerprint density at radius 3 is 2.53 bits per heavy atom. The van der Waals surface area contributed by atoms with Crippen molar-refractivity contribution in [3.63, 3.8) is 0 Å². The molecule has 4 aromatic rings. The minimum Gasteiger partial charge on any atom is -0.351 e. The Balaban J connectivity index is 1.54. The molecule has 4 rings (SSSR count). The maximum absolute atomic E-state index is 13.5. The predicted molar refractivity (Wildman–Crippen MR) is 135 cm³/mol. The first-order valence-corrected chi connectivity index (χ1v) is 11.5. The summed E-state index contributed by atoms with van der Waals surface area (Å²) in [6.45, 7) is 2.57. The molecular formula is C28H30N4O2. The molecule has 0 spiro atoms. The maximum atomic E-state index is 13.5. The molecule has 1 unspecified atom stereocenters. The summed E-state index contributed by atoms with van der Waals surface area (Å²) in [7, 11) is 3.83. The van der Waals surface area contributed by atoms with Gasteiger partial charge in [-0.05, 0) is 47.7 Å². The first kappa shape index (κ1) is 23.2. The molecule has 1 N–H and O–H groups in total. The molecule has 0 bridgehead atoms. The highest BCUT2D eigenvalue weighted by Gasteiger charge is 2.27. The lowest BCUT2D eigenvalue weighted by molar-refractivity contribution is 0.0702. The number of nitrogens with one attached hydrogen (secondary N) is 1. The number of likely N-dealkylation sites (N-methyl/N-ethyl adjacent to an activating group) is 1. The number of carbonyl (C=O) groups is 2. The van der Waals surface area contributed by atoms with Gasteiger partial charge < -0.3 is 14.8 Å². The number of pyridine rings is 1. The van der Waals surface area contributed by atoms with E-state index in [1.54, 1.807) is 24.4 Å². The molecule has 2 aromatic heterocycles. The maximum Gasteiger partial charge on any atom is 0.269 e. The zero-order valence-corrected chi connectivity index (χ0v) is 19.8. The van der Waals surface area contributed by atoms with Crippen molar-refractivity contribution in [2.24, 2.45) is 7.05 Å². The van der Waals surface area contributed by atoms with Crippen LogP contribution in [-0.2, 0) is 7.05 Å². The van der Waals surface area contributed by atoms with Gasteiger partial charge >= 0.3 is 0 Å². The Labute approximate surface area is 200 Å². The fourth-order valence-electron chi connectivity index (χ4n) is 4.43. The Kier molecular flexibility index (Phi) is 7.07. The predicted octanol–water partition coefficient (Wildman–Crippen LogP) is 4.64. The Morgan fingerprint density at radius 2 is 1.79 bits per heavy atom. The van der Waals surface area contributed by atoms with Crippen LogP contribution in [0.4, 0.5) is 0 Å². The van der Waals surface area contributed by atoms with Gasteiger partial charge in [0.1, 0.15) is 5.69 Å². The first-order chi connectivity index (χ1) is 16.5. The van der Waals surface area contributed by atoms with Crippen molar-refractivity contribution in [2.75, 3.05) is 13.6 Å². The van der Waals surface area contributed by atoms with Crippen LogP contribution in [0.15, 0.2) is 85.2 Å². The third-order valence-corrected chi connectivity index (χ3v) is 6.48. The zero-order chi connectivity index (χ0) is 24.1. The standard InChI is InChI=1S/C28H30N4O2/c1-20(21-9-5-4-6-10-21)25(14-17-30-27(33)24-11-7-8-16-29-24)32(3)28(34)23-13-12-22-15-18-31(2)26(22)19-23/h4-13,15-16,18-20,25H,14,17H2,1-3H3,(H,30,33)/t20?,25-/m1/s1. The molecule has 6 nitrogen and oxygen atoms in total. The number of amides is 2. The largest absolute Gasteiger partial charge is 0.351 e. The van der Waals surface area contributed by atoms with Gasteiger partial charge in [-0.1, -0.05) is 49.4 Å². The van der Waals surface area contributed by atoms with Gasteiger partial charge in [0.05, 0.1) is 0 Å². The van der Waals surface area contributed by atoms with E-state index in [1.165, 1.54) is 0 Å². The van der Waals surface area contributed by atoms with Crippen LogP contribution in [0, 0.1) is 0 Å². The number of rotatable bonds is 8. The van der Waals surface area contributed by atoms with Gasteiger partial charge in [0.25, 0.3) is 11.8 Å². The van der Waals surface area contributed by atoms with E-state index in [0.717, 1.165) is 16.5 Å².